The summed E-state index contributed by atoms with van der Waals surface area (Å²) in [4.78, 5) is 11.0. The molecule has 1 unspecified atom stereocenters. The summed E-state index contributed by atoms with van der Waals surface area (Å²) in [5.74, 6) is 0. The molecule has 88 valence electrons. The highest BCUT2D eigenvalue weighted by Crippen LogP contribution is 2.10. The molecule has 1 aliphatic heterocycles. The zero-order valence-electron chi connectivity index (χ0n) is 9.62. The van der Waals surface area contributed by atoms with Crippen molar-refractivity contribution in [2.45, 2.75) is 51.7 Å². The Morgan fingerprint density at radius 1 is 1.47 bits per heavy atom. The molecule has 0 spiro atoms. The number of carbonyl (C=O) groups is 1. The smallest absolute Gasteiger partial charge is 0.434 e. The maximum absolute atomic E-state index is 11.0. The molecule has 4 heteroatoms. The minimum absolute atomic E-state index is 0.106. The summed E-state index contributed by atoms with van der Waals surface area (Å²) in [6.07, 6.45) is 3.93. The van der Waals surface area contributed by atoms with Crippen LogP contribution >= 0.6 is 0 Å². The second-order valence-corrected chi connectivity index (χ2v) is 4.20. The normalized spacial score (nSPS) is 21.4. The number of carbonyl (C=O) groups excluding carboxylic acids is 1. The summed E-state index contributed by atoms with van der Waals surface area (Å²) in [6.45, 7) is 5.15. The second kappa shape index (κ2) is 6.67. The van der Waals surface area contributed by atoms with Crippen LogP contribution in [0.15, 0.2) is 0 Å². The lowest BCUT2D eigenvalue weighted by atomic mass is 10.0. The Balaban J connectivity index is 2.02. The molecule has 4 nitrogen and oxygen atoms in total. The molecule has 1 aliphatic rings. The fourth-order valence-electron chi connectivity index (χ4n) is 1.68. The van der Waals surface area contributed by atoms with Crippen molar-refractivity contribution in [1.29, 1.82) is 0 Å². The molecular formula is C11H21NO3. The first kappa shape index (κ1) is 12.3. The SMILES string of the molecule is CC(C)OC(=O)OCCC1CCCCN1. The van der Waals surface area contributed by atoms with E-state index in [0.717, 1.165) is 13.0 Å². The molecule has 15 heavy (non-hydrogen) atoms. The maximum atomic E-state index is 11.0. The molecule has 1 atom stereocenters. The number of piperidine rings is 1. The molecule has 1 heterocycles. The van der Waals surface area contributed by atoms with E-state index in [1.54, 1.807) is 0 Å². The van der Waals surface area contributed by atoms with E-state index in [4.69, 9.17) is 9.47 Å². The third-order valence-corrected chi connectivity index (χ3v) is 2.43. The van der Waals surface area contributed by atoms with E-state index < -0.39 is 6.16 Å². The lowest BCUT2D eigenvalue weighted by Gasteiger charge is -2.23. The van der Waals surface area contributed by atoms with Gasteiger partial charge in [0.1, 0.15) is 0 Å². The molecule has 0 aromatic rings. The summed E-state index contributed by atoms with van der Waals surface area (Å²) in [5, 5.41) is 3.40. The van der Waals surface area contributed by atoms with Gasteiger partial charge in [-0.3, -0.25) is 0 Å². The third kappa shape index (κ3) is 5.62. The lowest BCUT2D eigenvalue weighted by Crippen LogP contribution is -2.35. The standard InChI is InChI=1S/C11H21NO3/c1-9(2)15-11(13)14-8-6-10-5-3-4-7-12-10/h9-10,12H,3-8H2,1-2H3. The number of rotatable bonds is 4. The van der Waals surface area contributed by atoms with E-state index in [-0.39, 0.29) is 6.10 Å². The molecule has 1 fully saturated rings. The molecular weight excluding hydrogens is 194 g/mol. The van der Waals surface area contributed by atoms with Crippen molar-refractivity contribution in [3.63, 3.8) is 0 Å². The van der Waals surface area contributed by atoms with Crippen molar-refractivity contribution in [1.82, 2.24) is 5.32 Å². The van der Waals surface area contributed by atoms with Gasteiger partial charge in [0, 0.05) is 6.04 Å². The average Bonchev–Trinajstić information content (AvgIpc) is 2.18. The van der Waals surface area contributed by atoms with E-state index in [0.29, 0.717) is 12.6 Å². The van der Waals surface area contributed by atoms with Crippen molar-refractivity contribution in [3.8, 4) is 0 Å². The van der Waals surface area contributed by atoms with Crippen LogP contribution < -0.4 is 5.32 Å². The Kier molecular flexibility index (Phi) is 5.47. The van der Waals surface area contributed by atoms with Gasteiger partial charge in [-0.1, -0.05) is 6.42 Å². The van der Waals surface area contributed by atoms with Crippen LogP contribution in [0.3, 0.4) is 0 Å². The Bertz CT molecular complexity index is 188. The van der Waals surface area contributed by atoms with Crippen molar-refractivity contribution in [2.24, 2.45) is 0 Å². The van der Waals surface area contributed by atoms with Gasteiger partial charge in [-0.05, 0) is 39.7 Å². The summed E-state index contributed by atoms with van der Waals surface area (Å²) in [6, 6.07) is 0.505. The van der Waals surface area contributed by atoms with Crippen LogP contribution in [-0.4, -0.2) is 31.5 Å². The van der Waals surface area contributed by atoms with Gasteiger partial charge in [-0.2, -0.15) is 0 Å². The minimum atomic E-state index is -0.555. The number of hydrogen-bond donors (Lipinski definition) is 1. The molecule has 1 N–H and O–H groups in total. The molecule has 1 saturated heterocycles. The number of ether oxygens (including phenoxy) is 2. The van der Waals surface area contributed by atoms with Gasteiger partial charge in [0.05, 0.1) is 12.7 Å². The van der Waals surface area contributed by atoms with E-state index in [9.17, 15) is 4.79 Å². The van der Waals surface area contributed by atoms with Gasteiger partial charge in [0.15, 0.2) is 0 Å². The molecule has 0 radical (unpaired) electrons. The van der Waals surface area contributed by atoms with Crippen molar-refractivity contribution < 1.29 is 14.3 Å². The fraction of sp³-hybridized carbons (Fsp3) is 0.909. The zero-order chi connectivity index (χ0) is 11.1. The maximum Gasteiger partial charge on any atom is 0.508 e. The Morgan fingerprint density at radius 2 is 2.27 bits per heavy atom. The highest BCUT2D eigenvalue weighted by atomic mass is 16.7. The molecule has 0 aromatic heterocycles. The Morgan fingerprint density at radius 3 is 2.87 bits per heavy atom. The summed E-state index contributed by atoms with van der Waals surface area (Å²) < 4.78 is 9.81. The van der Waals surface area contributed by atoms with Crippen molar-refractivity contribution in [2.75, 3.05) is 13.2 Å². The third-order valence-electron chi connectivity index (χ3n) is 2.43. The first-order valence-corrected chi connectivity index (χ1v) is 5.75. The van der Waals surface area contributed by atoms with Gasteiger partial charge in [-0.15, -0.1) is 0 Å². The van der Waals surface area contributed by atoms with Gasteiger partial charge in [-0.25, -0.2) is 4.79 Å². The van der Waals surface area contributed by atoms with E-state index in [1.165, 1.54) is 19.3 Å². The molecule has 1 rings (SSSR count). The van der Waals surface area contributed by atoms with Crippen LogP contribution in [0.5, 0.6) is 0 Å². The second-order valence-electron chi connectivity index (χ2n) is 4.20. The minimum Gasteiger partial charge on any atom is -0.434 e. The first-order chi connectivity index (χ1) is 7.18. The Labute approximate surface area is 91.3 Å². The van der Waals surface area contributed by atoms with Gasteiger partial charge < -0.3 is 14.8 Å². The van der Waals surface area contributed by atoms with Crippen LogP contribution in [0, 0.1) is 0 Å². The van der Waals surface area contributed by atoms with E-state index >= 15 is 0 Å². The number of nitrogens with one attached hydrogen (secondary N) is 1. The number of hydrogen-bond acceptors (Lipinski definition) is 4. The van der Waals surface area contributed by atoms with Crippen LogP contribution in [-0.2, 0) is 9.47 Å². The summed E-state index contributed by atoms with van der Waals surface area (Å²) in [5.41, 5.74) is 0. The molecule has 0 aliphatic carbocycles. The van der Waals surface area contributed by atoms with Crippen molar-refractivity contribution in [3.05, 3.63) is 0 Å². The van der Waals surface area contributed by atoms with Gasteiger partial charge in [0.25, 0.3) is 0 Å². The quantitative estimate of drug-likeness (QED) is 0.729. The molecule has 0 amide bonds. The molecule has 0 saturated carbocycles. The molecule has 0 bridgehead atoms. The van der Waals surface area contributed by atoms with E-state index in [2.05, 4.69) is 5.32 Å². The summed E-state index contributed by atoms with van der Waals surface area (Å²) >= 11 is 0. The lowest BCUT2D eigenvalue weighted by molar-refractivity contribution is 0.0320. The predicted molar refractivity (Wildman–Crippen MR) is 57.8 cm³/mol. The van der Waals surface area contributed by atoms with Crippen LogP contribution in [0.25, 0.3) is 0 Å². The topological polar surface area (TPSA) is 47.6 Å². The molecule has 0 aromatic carbocycles. The highest BCUT2D eigenvalue weighted by Gasteiger charge is 2.13. The monoisotopic (exact) mass is 215 g/mol. The average molecular weight is 215 g/mol. The van der Waals surface area contributed by atoms with Crippen LogP contribution in [0.2, 0.25) is 0 Å². The van der Waals surface area contributed by atoms with Crippen molar-refractivity contribution >= 4 is 6.16 Å². The largest absolute Gasteiger partial charge is 0.508 e. The van der Waals surface area contributed by atoms with Gasteiger partial charge >= 0.3 is 6.16 Å². The highest BCUT2D eigenvalue weighted by molar-refractivity contribution is 5.59. The van der Waals surface area contributed by atoms with Crippen LogP contribution in [0.1, 0.15) is 39.5 Å². The fourth-order valence-corrected chi connectivity index (χ4v) is 1.68. The van der Waals surface area contributed by atoms with E-state index in [1.807, 2.05) is 13.8 Å². The van der Waals surface area contributed by atoms with Gasteiger partial charge in [0.2, 0.25) is 0 Å². The first-order valence-electron chi connectivity index (χ1n) is 5.75. The van der Waals surface area contributed by atoms with Crippen LogP contribution in [0.4, 0.5) is 4.79 Å². The predicted octanol–water partition coefficient (Wildman–Crippen LogP) is 2.08. The summed E-state index contributed by atoms with van der Waals surface area (Å²) in [7, 11) is 0. The zero-order valence-corrected chi connectivity index (χ0v) is 9.62. The Hall–Kier alpha value is -0.770.